The number of thiazole rings is 1. The van der Waals surface area contributed by atoms with Crippen molar-refractivity contribution in [2.24, 2.45) is 11.8 Å². The summed E-state index contributed by atoms with van der Waals surface area (Å²) < 4.78 is 0. The van der Waals surface area contributed by atoms with E-state index in [0.717, 1.165) is 37.7 Å². The summed E-state index contributed by atoms with van der Waals surface area (Å²) in [6, 6.07) is 8.03. The molecule has 0 bridgehead atoms. The van der Waals surface area contributed by atoms with Crippen molar-refractivity contribution < 1.29 is 24.6 Å². The zero-order valence-corrected chi connectivity index (χ0v) is 28.9. The number of nitrogens with zero attached hydrogens (tertiary/aromatic N) is 2. The molecule has 0 aliphatic heterocycles. The molecule has 0 saturated heterocycles. The number of rotatable bonds is 19. The van der Waals surface area contributed by atoms with Crippen molar-refractivity contribution in [2.75, 3.05) is 20.1 Å². The number of terminal acetylenes is 1. The normalized spacial score (nSPS) is 16.8. The number of carbonyl (C=O) groups excluding carboxylic acids is 3. The van der Waals surface area contributed by atoms with E-state index >= 15 is 0 Å². The minimum atomic E-state index is -1.27. The number of aromatic nitrogens is 1. The van der Waals surface area contributed by atoms with E-state index in [0.29, 0.717) is 43.6 Å². The van der Waals surface area contributed by atoms with E-state index in [1.807, 2.05) is 49.6 Å². The largest absolute Gasteiger partial charge is 0.389 e. The van der Waals surface area contributed by atoms with Crippen molar-refractivity contribution in [1.29, 1.82) is 0 Å². The number of nitrogens with one attached hydrogen (secondary N) is 3. The van der Waals surface area contributed by atoms with Gasteiger partial charge in [-0.3, -0.25) is 14.4 Å². The Kier molecular flexibility index (Phi) is 16.4. The summed E-state index contributed by atoms with van der Waals surface area (Å²) in [5.74, 6) is 0.897. The van der Waals surface area contributed by atoms with Crippen molar-refractivity contribution in [3.63, 3.8) is 0 Å². The van der Waals surface area contributed by atoms with Crippen molar-refractivity contribution in [3.05, 3.63) is 52.5 Å². The molecule has 3 amide bonds. The van der Waals surface area contributed by atoms with Gasteiger partial charge in [0.05, 0.1) is 29.3 Å². The van der Waals surface area contributed by atoms with Gasteiger partial charge in [-0.25, -0.2) is 4.98 Å². The Bertz CT molecular complexity index is 1260. The summed E-state index contributed by atoms with van der Waals surface area (Å²) in [5, 5.41) is 32.7. The second-order valence-corrected chi connectivity index (χ2v) is 13.8. The lowest BCUT2D eigenvalue weighted by atomic mass is 9.82. The van der Waals surface area contributed by atoms with Crippen LogP contribution in [0, 0.1) is 24.2 Å². The number of aliphatic hydroxyl groups excluding tert-OH is 2. The van der Waals surface area contributed by atoms with Crippen LogP contribution in [0.1, 0.15) is 76.5 Å². The molecule has 2 aromatic rings. The van der Waals surface area contributed by atoms with Crippen LogP contribution in [0.2, 0.25) is 0 Å². The number of likely N-dealkylation sites (N-methyl/N-ethyl adjacent to an activating group) is 1. The van der Waals surface area contributed by atoms with Crippen LogP contribution in [-0.2, 0) is 27.2 Å². The van der Waals surface area contributed by atoms with Gasteiger partial charge in [0.15, 0.2) is 0 Å². The molecule has 1 saturated carbocycles. The van der Waals surface area contributed by atoms with E-state index in [-0.39, 0.29) is 25.2 Å². The summed E-state index contributed by atoms with van der Waals surface area (Å²) in [7, 11) is 1.73. The van der Waals surface area contributed by atoms with Crippen molar-refractivity contribution in [3.8, 4) is 12.3 Å². The molecule has 1 aromatic heterocycles. The fraction of sp³-hybridized carbons (Fsp3) is 0.611. The SMILES string of the molecule is C#CCC(O)[C@H](O)C(CC1CCCCC1)NC(=O)[C@H](Cc1cscn1)NC(=O)C(CC(=O)N(C)CCNC(C)C)Cc1ccccc1. The van der Waals surface area contributed by atoms with Gasteiger partial charge in [0.25, 0.3) is 0 Å². The lowest BCUT2D eigenvalue weighted by Crippen LogP contribution is -2.56. The van der Waals surface area contributed by atoms with E-state index in [2.05, 4.69) is 26.9 Å². The molecule has 3 unspecified atom stereocenters. The highest BCUT2D eigenvalue weighted by molar-refractivity contribution is 7.07. The van der Waals surface area contributed by atoms with Crippen molar-refractivity contribution in [1.82, 2.24) is 25.8 Å². The van der Waals surface area contributed by atoms with Crippen LogP contribution in [0.4, 0.5) is 0 Å². The topological polar surface area (TPSA) is 144 Å². The molecule has 47 heavy (non-hydrogen) atoms. The summed E-state index contributed by atoms with van der Waals surface area (Å²) >= 11 is 1.39. The van der Waals surface area contributed by atoms with E-state index < -0.39 is 42.0 Å². The molecule has 5 N–H and O–H groups in total. The van der Waals surface area contributed by atoms with Crippen molar-refractivity contribution >= 4 is 29.1 Å². The zero-order valence-electron chi connectivity index (χ0n) is 28.1. The Morgan fingerprint density at radius 1 is 1.06 bits per heavy atom. The van der Waals surface area contributed by atoms with Gasteiger partial charge in [0.2, 0.25) is 17.7 Å². The lowest BCUT2D eigenvalue weighted by Gasteiger charge is -2.33. The Morgan fingerprint density at radius 2 is 1.79 bits per heavy atom. The Labute approximate surface area is 284 Å². The van der Waals surface area contributed by atoms with Crippen LogP contribution in [0.3, 0.4) is 0 Å². The maximum atomic E-state index is 14.0. The highest BCUT2D eigenvalue weighted by Crippen LogP contribution is 2.29. The first-order chi connectivity index (χ1) is 22.6. The molecule has 5 atom stereocenters. The smallest absolute Gasteiger partial charge is 0.243 e. The van der Waals surface area contributed by atoms with Gasteiger partial charge in [-0.05, 0) is 24.3 Å². The fourth-order valence-corrected chi connectivity index (χ4v) is 6.64. The van der Waals surface area contributed by atoms with Gasteiger partial charge in [-0.2, -0.15) is 0 Å². The highest BCUT2D eigenvalue weighted by Gasteiger charge is 2.34. The third-order valence-corrected chi connectivity index (χ3v) is 9.48. The third-order valence-electron chi connectivity index (χ3n) is 8.85. The zero-order chi connectivity index (χ0) is 34.2. The molecular formula is C36H53N5O5S. The van der Waals surface area contributed by atoms with Gasteiger partial charge < -0.3 is 31.1 Å². The van der Waals surface area contributed by atoms with Gasteiger partial charge in [-0.1, -0.05) is 76.3 Å². The maximum absolute atomic E-state index is 14.0. The molecule has 1 heterocycles. The fourth-order valence-electron chi connectivity index (χ4n) is 6.07. The second-order valence-electron chi connectivity index (χ2n) is 13.1. The number of benzene rings is 1. The molecule has 0 spiro atoms. The summed E-state index contributed by atoms with van der Waals surface area (Å²) in [4.78, 5) is 47.2. The predicted molar refractivity (Wildman–Crippen MR) is 185 cm³/mol. The molecule has 1 aromatic carbocycles. The van der Waals surface area contributed by atoms with Crippen LogP contribution < -0.4 is 16.0 Å². The first-order valence-corrected chi connectivity index (χ1v) is 17.8. The van der Waals surface area contributed by atoms with E-state index in [1.54, 1.807) is 17.5 Å². The molecule has 258 valence electrons. The van der Waals surface area contributed by atoms with Gasteiger partial charge in [0.1, 0.15) is 12.1 Å². The molecular weight excluding hydrogens is 614 g/mol. The quantitative estimate of drug-likeness (QED) is 0.145. The summed E-state index contributed by atoms with van der Waals surface area (Å²) in [5.41, 5.74) is 3.21. The Hall–Kier alpha value is -3.30. The van der Waals surface area contributed by atoms with Crippen molar-refractivity contribution in [2.45, 2.75) is 108 Å². The average molecular weight is 668 g/mol. The standard InChI is InChI=1S/C36H53N5O5S/c1-5-12-32(42)34(44)30(20-27-15-10-7-11-16-27)39-36(46)31(22-29-23-47-24-38-29)40-35(45)28(19-26-13-8-6-9-14-26)21-33(43)41(4)18-17-37-25(2)3/h1,6,8-9,13-14,23-25,27-28,30-32,34,37,42,44H,7,10-12,15-22H2,2-4H3,(H,39,46)(H,40,45)/t28?,30?,31-,32?,34+/m0/s1. The lowest BCUT2D eigenvalue weighted by molar-refractivity contribution is -0.136. The minimum Gasteiger partial charge on any atom is -0.389 e. The predicted octanol–water partition coefficient (Wildman–Crippen LogP) is 3.08. The summed E-state index contributed by atoms with van der Waals surface area (Å²) in [6.07, 6.45) is 9.13. The van der Waals surface area contributed by atoms with Crippen LogP contribution in [0.5, 0.6) is 0 Å². The number of amides is 3. The van der Waals surface area contributed by atoms with Crippen LogP contribution in [-0.4, -0.2) is 88.3 Å². The summed E-state index contributed by atoms with van der Waals surface area (Å²) in [6.45, 7) is 5.22. The molecule has 1 aliphatic rings. The average Bonchev–Trinajstić information content (AvgIpc) is 3.57. The maximum Gasteiger partial charge on any atom is 0.243 e. The van der Waals surface area contributed by atoms with Gasteiger partial charge in [0, 0.05) is 50.8 Å². The molecule has 11 heteroatoms. The number of hydrogen-bond acceptors (Lipinski definition) is 8. The first-order valence-electron chi connectivity index (χ1n) is 16.9. The Balaban J connectivity index is 1.81. The molecule has 10 nitrogen and oxygen atoms in total. The Morgan fingerprint density at radius 3 is 2.43 bits per heavy atom. The molecule has 0 radical (unpaired) electrons. The van der Waals surface area contributed by atoms with E-state index in [1.165, 1.54) is 11.3 Å². The van der Waals surface area contributed by atoms with Crippen LogP contribution in [0.15, 0.2) is 41.2 Å². The molecule has 1 aliphatic carbocycles. The molecule has 3 rings (SSSR count). The van der Waals surface area contributed by atoms with Crippen LogP contribution >= 0.6 is 11.3 Å². The highest BCUT2D eigenvalue weighted by atomic mass is 32.1. The number of aliphatic hydroxyl groups is 2. The van der Waals surface area contributed by atoms with Gasteiger partial charge in [-0.15, -0.1) is 23.7 Å². The van der Waals surface area contributed by atoms with E-state index in [9.17, 15) is 24.6 Å². The first kappa shape index (κ1) is 38.2. The van der Waals surface area contributed by atoms with E-state index in [4.69, 9.17) is 6.42 Å². The minimum absolute atomic E-state index is 0.0226. The second kappa shape index (κ2) is 20.2. The molecule has 1 fully saturated rings. The monoisotopic (exact) mass is 667 g/mol. The third kappa shape index (κ3) is 13.4. The van der Waals surface area contributed by atoms with Crippen LogP contribution in [0.25, 0.3) is 0 Å². The van der Waals surface area contributed by atoms with Gasteiger partial charge >= 0.3 is 0 Å². The number of carbonyl (C=O) groups is 3. The number of hydrogen-bond donors (Lipinski definition) is 5.